The number of nitrogens with zero attached hydrogens (tertiary/aromatic N) is 3. The van der Waals surface area contributed by atoms with Crippen molar-refractivity contribution in [1.29, 1.82) is 0 Å². The van der Waals surface area contributed by atoms with Crippen molar-refractivity contribution in [1.82, 2.24) is 20.0 Å². The van der Waals surface area contributed by atoms with Gasteiger partial charge in [-0.15, -0.1) is 0 Å². The van der Waals surface area contributed by atoms with E-state index in [4.69, 9.17) is 26.2 Å². The predicted molar refractivity (Wildman–Crippen MR) is 133 cm³/mol. The number of benzene rings is 3. The zero-order valence-electron chi connectivity index (χ0n) is 18.5. The van der Waals surface area contributed by atoms with Gasteiger partial charge < -0.3 is 9.47 Å². The van der Waals surface area contributed by atoms with Gasteiger partial charge in [-0.1, -0.05) is 11.6 Å². The number of aromatic nitrogens is 4. The van der Waals surface area contributed by atoms with Gasteiger partial charge in [0.1, 0.15) is 17.2 Å². The molecule has 0 saturated carbocycles. The summed E-state index contributed by atoms with van der Waals surface area (Å²) in [5.74, 6) is 1.76. The molecule has 1 N–H and O–H groups in total. The highest BCUT2D eigenvalue weighted by Crippen LogP contribution is 2.35. The lowest BCUT2D eigenvalue weighted by Crippen LogP contribution is -1.94. The third kappa shape index (κ3) is 3.72. The van der Waals surface area contributed by atoms with E-state index < -0.39 is 0 Å². The first kappa shape index (κ1) is 20.6. The average Bonchev–Trinajstić information content (AvgIpc) is 3.63. The first-order chi connectivity index (χ1) is 16.7. The van der Waals surface area contributed by atoms with E-state index in [1.165, 1.54) is 5.56 Å². The SMILES string of the molecule is COc1ccc(-c2nn(-c3ccc(Cl)cc3)cc2-c2cc(-c3ccc4c(c3)CCO4)n[nH]2)cc1. The Morgan fingerprint density at radius 2 is 1.76 bits per heavy atom. The molecule has 3 heterocycles. The molecule has 0 amide bonds. The lowest BCUT2D eigenvalue weighted by molar-refractivity contribution is 0.357. The topological polar surface area (TPSA) is 65.0 Å². The minimum Gasteiger partial charge on any atom is -0.497 e. The second-order valence-electron chi connectivity index (χ2n) is 8.13. The standard InChI is InChI=1S/C27H21ClN4O2/c1-33-22-9-2-17(3-10-22)27-23(16-32(31-27)21-7-5-20(28)6-8-21)25-15-24(29-30-25)18-4-11-26-19(14-18)12-13-34-26/h2-11,14-16H,12-13H2,1H3,(H,29,30). The Kier molecular flexibility index (Phi) is 5.08. The molecule has 0 bridgehead atoms. The smallest absolute Gasteiger partial charge is 0.122 e. The third-order valence-corrected chi connectivity index (χ3v) is 6.27. The van der Waals surface area contributed by atoms with Gasteiger partial charge in [0.05, 0.1) is 30.8 Å². The van der Waals surface area contributed by atoms with Gasteiger partial charge >= 0.3 is 0 Å². The molecular weight excluding hydrogens is 448 g/mol. The molecule has 0 fully saturated rings. The van der Waals surface area contributed by atoms with Crippen LogP contribution in [0, 0.1) is 0 Å². The van der Waals surface area contributed by atoms with Crippen LogP contribution in [0.15, 0.2) is 79.0 Å². The Hall–Kier alpha value is -4.03. The highest BCUT2D eigenvalue weighted by Gasteiger charge is 2.18. The summed E-state index contributed by atoms with van der Waals surface area (Å²) in [5, 5.41) is 13.4. The number of ether oxygens (including phenoxy) is 2. The second-order valence-corrected chi connectivity index (χ2v) is 8.57. The summed E-state index contributed by atoms with van der Waals surface area (Å²) in [6.07, 6.45) is 2.94. The molecule has 168 valence electrons. The van der Waals surface area contributed by atoms with Gasteiger partial charge in [0.15, 0.2) is 0 Å². The largest absolute Gasteiger partial charge is 0.497 e. The average molecular weight is 469 g/mol. The van der Waals surface area contributed by atoms with Crippen LogP contribution < -0.4 is 9.47 Å². The van der Waals surface area contributed by atoms with Crippen molar-refractivity contribution in [3.05, 3.63) is 89.6 Å². The summed E-state index contributed by atoms with van der Waals surface area (Å²) < 4.78 is 12.8. The molecule has 0 saturated heterocycles. The van der Waals surface area contributed by atoms with Crippen LogP contribution in [0.3, 0.4) is 0 Å². The van der Waals surface area contributed by atoms with Gasteiger partial charge in [0.25, 0.3) is 0 Å². The summed E-state index contributed by atoms with van der Waals surface area (Å²) in [7, 11) is 1.66. The van der Waals surface area contributed by atoms with Gasteiger partial charge in [-0.25, -0.2) is 4.68 Å². The number of hydrogen-bond acceptors (Lipinski definition) is 4. The van der Waals surface area contributed by atoms with Crippen molar-refractivity contribution in [2.75, 3.05) is 13.7 Å². The summed E-state index contributed by atoms with van der Waals surface area (Å²) in [4.78, 5) is 0. The van der Waals surface area contributed by atoms with E-state index in [2.05, 4.69) is 22.3 Å². The molecule has 0 atom stereocenters. The van der Waals surface area contributed by atoms with Crippen molar-refractivity contribution in [2.24, 2.45) is 0 Å². The predicted octanol–water partition coefficient (Wildman–Crippen LogP) is 6.19. The second kappa shape index (κ2) is 8.39. The Morgan fingerprint density at radius 3 is 2.56 bits per heavy atom. The summed E-state index contributed by atoms with van der Waals surface area (Å²) in [6.45, 7) is 0.736. The van der Waals surface area contributed by atoms with E-state index in [1.807, 2.05) is 71.5 Å². The number of nitrogens with one attached hydrogen (secondary N) is 1. The highest BCUT2D eigenvalue weighted by molar-refractivity contribution is 6.30. The molecule has 0 spiro atoms. The highest BCUT2D eigenvalue weighted by atomic mass is 35.5. The molecule has 1 aliphatic rings. The molecule has 1 aliphatic heterocycles. The number of rotatable bonds is 5. The fraction of sp³-hybridized carbons (Fsp3) is 0.111. The van der Waals surface area contributed by atoms with Crippen molar-refractivity contribution in [3.63, 3.8) is 0 Å². The van der Waals surface area contributed by atoms with E-state index in [9.17, 15) is 0 Å². The third-order valence-electron chi connectivity index (χ3n) is 6.02. The molecule has 0 unspecified atom stereocenters. The zero-order valence-corrected chi connectivity index (χ0v) is 19.2. The first-order valence-electron chi connectivity index (χ1n) is 11.0. The van der Waals surface area contributed by atoms with Gasteiger partial charge in [0, 0.05) is 34.3 Å². The zero-order chi connectivity index (χ0) is 23.1. The number of aromatic amines is 1. The maximum atomic E-state index is 6.09. The fourth-order valence-corrected chi connectivity index (χ4v) is 4.34. The first-order valence-corrected chi connectivity index (χ1v) is 11.4. The normalized spacial score (nSPS) is 12.4. The van der Waals surface area contributed by atoms with E-state index in [0.717, 1.165) is 64.0 Å². The molecule has 3 aromatic carbocycles. The summed E-state index contributed by atoms with van der Waals surface area (Å²) >= 11 is 6.09. The number of hydrogen-bond donors (Lipinski definition) is 1. The van der Waals surface area contributed by atoms with Crippen LogP contribution >= 0.6 is 11.6 Å². The summed E-state index contributed by atoms with van der Waals surface area (Å²) in [6, 6.07) is 23.8. The van der Waals surface area contributed by atoms with Crippen LogP contribution in [0.5, 0.6) is 11.5 Å². The molecular formula is C27H21ClN4O2. The molecule has 5 aromatic rings. The molecule has 34 heavy (non-hydrogen) atoms. The molecule has 6 nitrogen and oxygen atoms in total. The number of halogens is 1. The Balaban J connectivity index is 1.44. The molecule has 6 rings (SSSR count). The van der Waals surface area contributed by atoms with Crippen LogP contribution in [0.4, 0.5) is 0 Å². The number of methoxy groups -OCH3 is 1. The fourth-order valence-electron chi connectivity index (χ4n) is 4.21. The van der Waals surface area contributed by atoms with E-state index in [1.54, 1.807) is 7.11 Å². The van der Waals surface area contributed by atoms with E-state index in [-0.39, 0.29) is 0 Å². The van der Waals surface area contributed by atoms with Gasteiger partial charge in [-0.2, -0.15) is 10.2 Å². The maximum Gasteiger partial charge on any atom is 0.122 e. The van der Waals surface area contributed by atoms with Crippen molar-refractivity contribution < 1.29 is 9.47 Å². The molecule has 7 heteroatoms. The minimum absolute atomic E-state index is 0.685. The van der Waals surface area contributed by atoms with Crippen LogP contribution in [-0.4, -0.2) is 33.7 Å². The molecule has 2 aromatic heterocycles. The van der Waals surface area contributed by atoms with E-state index in [0.29, 0.717) is 5.02 Å². The Bertz CT molecular complexity index is 1470. The van der Waals surface area contributed by atoms with Crippen LogP contribution in [0.2, 0.25) is 5.02 Å². The van der Waals surface area contributed by atoms with Gasteiger partial charge in [0.2, 0.25) is 0 Å². The summed E-state index contributed by atoms with van der Waals surface area (Å²) in [5.41, 5.74) is 7.73. The Morgan fingerprint density at radius 1 is 0.971 bits per heavy atom. The monoisotopic (exact) mass is 468 g/mol. The quantitative estimate of drug-likeness (QED) is 0.334. The maximum absolute atomic E-state index is 6.09. The lowest BCUT2D eigenvalue weighted by Gasteiger charge is -2.03. The molecule has 0 radical (unpaired) electrons. The molecule has 0 aliphatic carbocycles. The van der Waals surface area contributed by atoms with Crippen LogP contribution in [-0.2, 0) is 6.42 Å². The van der Waals surface area contributed by atoms with Crippen LogP contribution in [0.1, 0.15) is 5.56 Å². The Labute approximate surface area is 201 Å². The van der Waals surface area contributed by atoms with Crippen LogP contribution in [0.25, 0.3) is 39.5 Å². The van der Waals surface area contributed by atoms with Crippen molar-refractivity contribution >= 4 is 11.6 Å². The lowest BCUT2D eigenvalue weighted by atomic mass is 10.0. The number of H-pyrrole nitrogens is 1. The number of fused-ring (bicyclic) bond motifs is 1. The van der Waals surface area contributed by atoms with Crippen molar-refractivity contribution in [3.8, 4) is 51.0 Å². The van der Waals surface area contributed by atoms with E-state index >= 15 is 0 Å². The van der Waals surface area contributed by atoms with Gasteiger partial charge in [-0.05, 0) is 78.4 Å². The van der Waals surface area contributed by atoms with Gasteiger partial charge in [-0.3, -0.25) is 5.10 Å². The minimum atomic E-state index is 0.685. The van der Waals surface area contributed by atoms with Crippen molar-refractivity contribution in [2.45, 2.75) is 6.42 Å².